The van der Waals surface area contributed by atoms with Crippen molar-refractivity contribution in [1.82, 2.24) is 9.03 Å². The molecule has 3 N–H and O–H groups in total. The summed E-state index contributed by atoms with van der Waals surface area (Å²) in [5.41, 5.74) is 0. The van der Waals surface area contributed by atoms with E-state index < -0.39 is 20.6 Å². The Balaban J connectivity index is 0. The van der Waals surface area contributed by atoms with Gasteiger partial charge in [-0.3, -0.25) is 9.11 Å². The lowest BCUT2D eigenvalue weighted by molar-refractivity contribution is 0.416. The highest BCUT2D eigenvalue weighted by molar-refractivity contribution is 7.83. The second-order valence-corrected chi connectivity index (χ2v) is 5.10. The van der Waals surface area contributed by atoms with Gasteiger partial charge in [-0.25, -0.2) is 0 Å². The molecule has 14 heavy (non-hydrogen) atoms. The Hall–Kier alpha value is -0.260. The first kappa shape index (κ1) is 16.2. The maximum Gasteiger partial charge on any atom is 0.335 e. The first-order valence-electron chi connectivity index (χ1n) is 3.37. The minimum atomic E-state index is -3.92. The van der Waals surface area contributed by atoms with Crippen molar-refractivity contribution in [2.45, 2.75) is 6.92 Å². The molecule has 0 atom stereocenters. The molecule has 0 aromatic carbocycles. The van der Waals surface area contributed by atoms with Crippen molar-refractivity contribution in [2.24, 2.45) is 0 Å². The summed E-state index contributed by atoms with van der Waals surface area (Å²) in [6.45, 7) is 1.80. The third kappa shape index (κ3) is 14.3. The van der Waals surface area contributed by atoms with Crippen LogP contribution in [0.5, 0.6) is 0 Å². The fourth-order valence-electron chi connectivity index (χ4n) is 0.182. The van der Waals surface area contributed by atoms with E-state index in [4.69, 9.17) is 9.11 Å². The Morgan fingerprint density at radius 3 is 1.43 bits per heavy atom. The van der Waals surface area contributed by atoms with Gasteiger partial charge < -0.3 is 0 Å². The zero-order valence-electron chi connectivity index (χ0n) is 8.00. The average Bonchev–Trinajstić information content (AvgIpc) is 1.82. The van der Waals surface area contributed by atoms with Crippen molar-refractivity contribution in [3.8, 4) is 0 Å². The van der Waals surface area contributed by atoms with Crippen molar-refractivity contribution in [3.63, 3.8) is 0 Å². The van der Waals surface area contributed by atoms with Crippen LogP contribution in [0.25, 0.3) is 0 Å². The molecule has 0 aliphatic rings. The van der Waals surface area contributed by atoms with Crippen molar-refractivity contribution in [2.75, 3.05) is 20.6 Å². The lowest BCUT2D eigenvalue weighted by atomic mass is 10.8. The van der Waals surface area contributed by atoms with Gasteiger partial charge in [-0.15, -0.1) is 0 Å². The second-order valence-electron chi connectivity index (χ2n) is 2.23. The quantitative estimate of drug-likeness (QED) is 0.538. The van der Waals surface area contributed by atoms with Gasteiger partial charge in [0.25, 0.3) is 0 Å². The number of nitrogens with zero attached hydrogens (tertiary/aromatic N) is 1. The van der Waals surface area contributed by atoms with Gasteiger partial charge in [0.05, 0.1) is 0 Å². The van der Waals surface area contributed by atoms with Crippen LogP contribution in [-0.2, 0) is 20.6 Å². The molecule has 10 heteroatoms. The lowest BCUT2D eigenvalue weighted by Crippen LogP contribution is -2.21. The van der Waals surface area contributed by atoms with Crippen LogP contribution >= 0.6 is 0 Å². The van der Waals surface area contributed by atoms with Gasteiger partial charge in [-0.1, -0.05) is 6.92 Å². The molecule has 0 saturated carbocycles. The van der Waals surface area contributed by atoms with Crippen LogP contribution in [0.3, 0.4) is 0 Å². The summed E-state index contributed by atoms with van der Waals surface area (Å²) in [6, 6.07) is 0. The Bertz CT molecular complexity index is 331. The molecule has 0 heterocycles. The average molecular weight is 250 g/mol. The zero-order valence-corrected chi connectivity index (χ0v) is 9.63. The van der Waals surface area contributed by atoms with Gasteiger partial charge in [0.2, 0.25) is 0 Å². The molecule has 0 unspecified atom stereocenters. The van der Waals surface area contributed by atoms with Crippen LogP contribution in [-0.4, -0.2) is 50.9 Å². The van der Waals surface area contributed by atoms with Crippen LogP contribution < -0.4 is 4.72 Å². The zero-order chi connectivity index (χ0) is 12.0. The number of hydrogen-bond acceptors (Lipinski definition) is 4. The topological polar surface area (TPSA) is 124 Å². The maximum absolute atomic E-state index is 9.81. The first-order chi connectivity index (χ1) is 6.00. The normalized spacial score (nSPS) is 12.1. The molecule has 0 amide bonds. The van der Waals surface area contributed by atoms with Crippen molar-refractivity contribution >= 4 is 20.6 Å². The first-order valence-corrected chi connectivity index (χ1v) is 6.21. The van der Waals surface area contributed by atoms with E-state index in [1.165, 1.54) is 14.1 Å². The van der Waals surface area contributed by atoms with Crippen LogP contribution in [0.1, 0.15) is 6.92 Å². The molecular weight excluding hydrogens is 236 g/mol. The molecule has 0 fully saturated rings. The van der Waals surface area contributed by atoms with Crippen LogP contribution in [0.15, 0.2) is 0 Å². The van der Waals surface area contributed by atoms with Crippen molar-refractivity contribution in [1.29, 1.82) is 0 Å². The minimum absolute atomic E-state index is 0.221. The molecule has 0 saturated heterocycles. The van der Waals surface area contributed by atoms with E-state index in [-0.39, 0.29) is 6.54 Å². The summed E-state index contributed by atoms with van der Waals surface area (Å²) in [4.78, 5) is 0. The largest absolute Gasteiger partial charge is 0.335 e. The van der Waals surface area contributed by atoms with Gasteiger partial charge in [-0.05, 0) is 0 Å². The van der Waals surface area contributed by atoms with E-state index in [2.05, 4.69) is 0 Å². The monoisotopic (exact) mass is 250 g/mol. The highest BCUT2D eigenvalue weighted by Gasteiger charge is 2.04. The summed E-state index contributed by atoms with van der Waals surface area (Å²) in [6.07, 6.45) is 0. The van der Waals surface area contributed by atoms with Crippen LogP contribution in [0.2, 0.25) is 0 Å². The van der Waals surface area contributed by atoms with Crippen molar-refractivity contribution in [3.05, 3.63) is 0 Å². The molecular formula is C4H14N2O6S2. The van der Waals surface area contributed by atoms with Crippen LogP contribution in [0, 0.1) is 0 Å². The third-order valence-electron chi connectivity index (χ3n) is 0.788. The smallest absolute Gasteiger partial charge is 0.273 e. The van der Waals surface area contributed by atoms with Gasteiger partial charge >= 0.3 is 20.6 Å². The van der Waals surface area contributed by atoms with Gasteiger partial charge in [0.15, 0.2) is 0 Å². The molecule has 8 nitrogen and oxygen atoms in total. The van der Waals surface area contributed by atoms with Crippen molar-refractivity contribution < 1.29 is 25.9 Å². The number of hydrogen-bond donors (Lipinski definition) is 3. The summed E-state index contributed by atoms with van der Waals surface area (Å²) in [5.74, 6) is 0. The van der Waals surface area contributed by atoms with E-state index in [9.17, 15) is 16.8 Å². The fraction of sp³-hybridized carbons (Fsp3) is 1.00. The Morgan fingerprint density at radius 1 is 1.14 bits per heavy atom. The van der Waals surface area contributed by atoms with E-state index >= 15 is 0 Å². The molecule has 0 aliphatic heterocycles. The lowest BCUT2D eigenvalue weighted by Gasteiger charge is -2.00. The Kier molecular flexibility index (Phi) is 7.24. The predicted molar refractivity (Wildman–Crippen MR) is 50.5 cm³/mol. The number of nitrogens with one attached hydrogen (secondary N) is 1. The Labute approximate surface area is 83.7 Å². The van der Waals surface area contributed by atoms with Gasteiger partial charge in [-0.2, -0.15) is 25.9 Å². The highest BCUT2D eigenvalue weighted by atomic mass is 32.2. The Morgan fingerprint density at radius 2 is 1.43 bits per heavy atom. The molecule has 0 aromatic rings. The van der Waals surface area contributed by atoms with E-state index in [0.717, 1.165) is 0 Å². The molecule has 0 spiro atoms. The second kappa shape index (κ2) is 6.27. The molecule has 0 aromatic heterocycles. The minimum Gasteiger partial charge on any atom is -0.273 e. The van der Waals surface area contributed by atoms with Gasteiger partial charge in [0, 0.05) is 20.6 Å². The predicted octanol–water partition coefficient (Wildman–Crippen LogP) is -1.25. The van der Waals surface area contributed by atoms with E-state index in [1.807, 2.05) is 4.72 Å². The van der Waals surface area contributed by atoms with Crippen LogP contribution in [0.4, 0.5) is 0 Å². The molecule has 88 valence electrons. The summed E-state index contributed by atoms with van der Waals surface area (Å²) in [7, 11) is -5.34. The molecule has 0 aliphatic carbocycles. The maximum atomic E-state index is 9.81. The third-order valence-corrected chi connectivity index (χ3v) is 2.36. The van der Waals surface area contributed by atoms with Gasteiger partial charge in [0.1, 0.15) is 0 Å². The summed E-state index contributed by atoms with van der Waals surface area (Å²) < 4.78 is 57.4. The summed E-state index contributed by atoms with van der Waals surface area (Å²) >= 11 is 0. The highest BCUT2D eigenvalue weighted by Crippen LogP contribution is 1.82. The summed E-state index contributed by atoms with van der Waals surface area (Å²) in [5, 5.41) is 0. The molecule has 0 bridgehead atoms. The fourth-order valence-corrected chi connectivity index (χ4v) is 0.547. The standard InChI is InChI=1S/2C2H7NO3S/c1-3(2)7(4,5)6;1-2-3-7(4,5)6/h1-2H3,(H,4,5,6);3H,2H2,1H3,(H,4,5,6). The molecule has 0 radical (unpaired) electrons. The van der Waals surface area contributed by atoms with E-state index in [0.29, 0.717) is 4.31 Å². The SMILES string of the molecule is CCNS(=O)(=O)O.CN(C)S(=O)(=O)O. The molecule has 0 rings (SSSR count). The van der Waals surface area contributed by atoms with E-state index in [1.54, 1.807) is 6.92 Å². The number of rotatable bonds is 3.